The minimum Gasteiger partial charge on any atom is -0.342 e. The van der Waals surface area contributed by atoms with Gasteiger partial charge in [0.25, 0.3) is 0 Å². The molecule has 0 amide bonds. The molecule has 6 heteroatoms. The van der Waals surface area contributed by atoms with Crippen LogP contribution in [-0.4, -0.2) is 28.8 Å². The third-order valence-electron chi connectivity index (χ3n) is 4.92. The minimum atomic E-state index is -0.128. The highest BCUT2D eigenvalue weighted by atomic mass is 79.9. The van der Waals surface area contributed by atoms with Crippen LogP contribution in [0.15, 0.2) is 59.1 Å². The average molecular weight is 417 g/mol. The van der Waals surface area contributed by atoms with Gasteiger partial charge in [-0.3, -0.25) is 9.91 Å². The molecular formula is C19H21BrN4S. The Kier molecular flexibility index (Phi) is 4.78. The summed E-state index contributed by atoms with van der Waals surface area (Å²) in [4.78, 5) is 2.51. The van der Waals surface area contributed by atoms with Gasteiger partial charge in [0, 0.05) is 24.1 Å². The van der Waals surface area contributed by atoms with Crippen LogP contribution in [0.5, 0.6) is 0 Å². The molecule has 4 nitrogen and oxygen atoms in total. The fraction of sp³-hybridized carbons (Fsp3) is 0.316. The number of anilines is 1. The maximum absolute atomic E-state index is 5.57. The van der Waals surface area contributed by atoms with Gasteiger partial charge < -0.3 is 5.32 Å². The lowest BCUT2D eigenvalue weighted by molar-refractivity contribution is 0.131. The molecule has 2 aromatic carbocycles. The first-order valence-electron chi connectivity index (χ1n) is 8.56. The van der Waals surface area contributed by atoms with Crippen LogP contribution in [0, 0.1) is 0 Å². The van der Waals surface area contributed by atoms with Crippen LogP contribution in [0.3, 0.4) is 0 Å². The zero-order chi connectivity index (χ0) is 17.3. The molecule has 2 heterocycles. The van der Waals surface area contributed by atoms with E-state index in [2.05, 4.69) is 74.0 Å². The number of hydrogen-bond donors (Lipinski definition) is 2. The fourth-order valence-electron chi connectivity index (χ4n) is 3.50. The molecular weight excluding hydrogens is 396 g/mol. The number of piperidine rings is 1. The van der Waals surface area contributed by atoms with Crippen molar-refractivity contribution in [2.24, 2.45) is 0 Å². The SMILES string of the molecule is S=C1NC2(CCN(Cc3ccccc3)CC2)NN1c1ccc(Br)cc1. The predicted molar refractivity (Wildman–Crippen MR) is 109 cm³/mol. The third kappa shape index (κ3) is 3.72. The van der Waals surface area contributed by atoms with E-state index in [-0.39, 0.29) is 5.66 Å². The average Bonchev–Trinajstić information content (AvgIpc) is 2.95. The number of likely N-dealkylation sites (tertiary alicyclic amines) is 1. The topological polar surface area (TPSA) is 30.5 Å². The third-order valence-corrected chi connectivity index (χ3v) is 5.73. The second-order valence-electron chi connectivity index (χ2n) is 6.70. The molecule has 0 aromatic heterocycles. The fourth-order valence-corrected chi connectivity index (χ4v) is 4.11. The summed E-state index contributed by atoms with van der Waals surface area (Å²) in [5.74, 6) is 0. The van der Waals surface area contributed by atoms with Crippen LogP contribution < -0.4 is 15.8 Å². The van der Waals surface area contributed by atoms with Gasteiger partial charge in [0.2, 0.25) is 0 Å². The molecule has 0 unspecified atom stereocenters. The molecule has 25 heavy (non-hydrogen) atoms. The molecule has 0 radical (unpaired) electrons. The summed E-state index contributed by atoms with van der Waals surface area (Å²) >= 11 is 9.05. The van der Waals surface area contributed by atoms with Gasteiger partial charge in [-0.05, 0) is 54.9 Å². The highest BCUT2D eigenvalue weighted by Gasteiger charge is 2.42. The summed E-state index contributed by atoms with van der Waals surface area (Å²) in [6, 6.07) is 18.9. The molecule has 130 valence electrons. The number of benzene rings is 2. The molecule has 1 spiro atoms. The number of rotatable bonds is 3. The van der Waals surface area contributed by atoms with E-state index >= 15 is 0 Å². The molecule has 2 aromatic rings. The zero-order valence-corrected chi connectivity index (χ0v) is 16.3. The highest BCUT2D eigenvalue weighted by Crippen LogP contribution is 2.28. The van der Waals surface area contributed by atoms with Crippen molar-refractivity contribution in [2.75, 3.05) is 18.1 Å². The lowest BCUT2D eigenvalue weighted by Gasteiger charge is -2.39. The number of nitrogens with one attached hydrogen (secondary N) is 2. The molecule has 0 aliphatic carbocycles. The van der Waals surface area contributed by atoms with Gasteiger partial charge in [0.05, 0.1) is 5.69 Å². The van der Waals surface area contributed by atoms with Crippen molar-refractivity contribution in [3.8, 4) is 0 Å². The molecule has 0 atom stereocenters. The smallest absolute Gasteiger partial charge is 0.189 e. The van der Waals surface area contributed by atoms with Crippen LogP contribution in [0.25, 0.3) is 0 Å². The molecule has 0 saturated carbocycles. The van der Waals surface area contributed by atoms with E-state index in [9.17, 15) is 0 Å². The van der Waals surface area contributed by atoms with Gasteiger partial charge in [0.1, 0.15) is 5.66 Å². The number of halogens is 1. The first-order chi connectivity index (χ1) is 12.1. The van der Waals surface area contributed by atoms with E-state index in [1.54, 1.807) is 0 Å². The summed E-state index contributed by atoms with van der Waals surface area (Å²) in [6.07, 6.45) is 2.04. The predicted octanol–water partition coefficient (Wildman–Crippen LogP) is 3.64. The van der Waals surface area contributed by atoms with Gasteiger partial charge in [-0.15, -0.1) is 0 Å². The molecule has 2 N–H and O–H groups in total. The summed E-state index contributed by atoms with van der Waals surface area (Å²) in [5, 5.41) is 6.27. The van der Waals surface area contributed by atoms with Gasteiger partial charge in [-0.1, -0.05) is 46.3 Å². The van der Waals surface area contributed by atoms with Crippen molar-refractivity contribution in [3.63, 3.8) is 0 Å². The normalized spacial score (nSPS) is 20.0. The Morgan fingerprint density at radius 3 is 2.36 bits per heavy atom. The second-order valence-corrected chi connectivity index (χ2v) is 8.00. The van der Waals surface area contributed by atoms with Gasteiger partial charge in [0.15, 0.2) is 5.11 Å². The Morgan fingerprint density at radius 2 is 1.68 bits per heavy atom. The van der Waals surface area contributed by atoms with Crippen LogP contribution >= 0.6 is 28.1 Å². The van der Waals surface area contributed by atoms with E-state index < -0.39 is 0 Å². The monoisotopic (exact) mass is 416 g/mol. The van der Waals surface area contributed by atoms with Crippen molar-refractivity contribution < 1.29 is 0 Å². The highest BCUT2D eigenvalue weighted by molar-refractivity contribution is 9.10. The van der Waals surface area contributed by atoms with E-state index in [1.807, 2.05) is 17.1 Å². The standard InChI is InChI=1S/C19H21BrN4S/c20-16-6-8-17(9-7-16)24-18(25)21-19(22-24)10-12-23(13-11-19)14-15-4-2-1-3-5-15/h1-9,22H,10-14H2,(H,21,25). The van der Waals surface area contributed by atoms with Gasteiger partial charge in [-0.25, -0.2) is 5.43 Å². The molecule has 2 fully saturated rings. The molecule has 2 aliphatic heterocycles. The Balaban J connectivity index is 1.39. The van der Waals surface area contributed by atoms with Crippen molar-refractivity contribution in [1.82, 2.24) is 15.6 Å². The van der Waals surface area contributed by atoms with E-state index in [0.717, 1.165) is 47.7 Å². The zero-order valence-electron chi connectivity index (χ0n) is 13.9. The van der Waals surface area contributed by atoms with Crippen LogP contribution in [0.4, 0.5) is 5.69 Å². The van der Waals surface area contributed by atoms with E-state index in [0.29, 0.717) is 0 Å². The largest absolute Gasteiger partial charge is 0.342 e. The second kappa shape index (κ2) is 7.03. The maximum atomic E-state index is 5.57. The molecule has 2 aliphatic rings. The molecule has 2 saturated heterocycles. The summed E-state index contributed by atoms with van der Waals surface area (Å²) in [6.45, 7) is 3.11. The first kappa shape index (κ1) is 17.0. The lowest BCUT2D eigenvalue weighted by atomic mass is 9.97. The number of thiocarbonyl (C=S) groups is 1. The summed E-state index contributed by atoms with van der Waals surface area (Å²) in [7, 11) is 0. The number of nitrogens with zero attached hydrogens (tertiary/aromatic N) is 2. The van der Waals surface area contributed by atoms with Crippen LogP contribution in [0.2, 0.25) is 0 Å². The van der Waals surface area contributed by atoms with E-state index in [4.69, 9.17) is 12.2 Å². The summed E-state index contributed by atoms with van der Waals surface area (Å²) in [5.41, 5.74) is 5.92. The lowest BCUT2D eigenvalue weighted by Crippen LogP contribution is -2.57. The Bertz CT molecular complexity index is 742. The minimum absolute atomic E-state index is 0.128. The van der Waals surface area contributed by atoms with Crippen molar-refractivity contribution >= 4 is 38.9 Å². The van der Waals surface area contributed by atoms with Crippen LogP contribution in [-0.2, 0) is 6.54 Å². The number of hydrazine groups is 1. The quantitative estimate of drug-likeness (QED) is 0.745. The van der Waals surface area contributed by atoms with Crippen molar-refractivity contribution in [3.05, 3.63) is 64.6 Å². The van der Waals surface area contributed by atoms with Crippen molar-refractivity contribution in [1.29, 1.82) is 0 Å². The Morgan fingerprint density at radius 1 is 1.00 bits per heavy atom. The molecule has 4 rings (SSSR count). The summed E-state index contributed by atoms with van der Waals surface area (Å²) < 4.78 is 1.07. The van der Waals surface area contributed by atoms with Gasteiger partial charge >= 0.3 is 0 Å². The first-order valence-corrected chi connectivity index (χ1v) is 9.76. The Labute approximate surface area is 162 Å². The van der Waals surface area contributed by atoms with Crippen molar-refractivity contribution in [2.45, 2.75) is 25.0 Å². The Hall–Kier alpha value is -1.47. The van der Waals surface area contributed by atoms with Gasteiger partial charge in [-0.2, -0.15) is 0 Å². The molecule has 0 bridgehead atoms. The number of hydrogen-bond acceptors (Lipinski definition) is 3. The maximum Gasteiger partial charge on any atom is 0.189 e. The van der Waals surface area contributed by atoms with Crippen LogP contribution in [0.1, 0.15) is 18.4 Å². The van der Waals surface area contributed by atoms with E-state index in [1.165, 1.54) is 5.56 Å².